The van der Waals surface area contributed by atoms with Crippen molar-refractivity contribution in [3.8, 4) is 0 Å². The normalized spacial score (nSPS) is 18.1. The number of imidazole rings is 1. The predicted octanol–water partition coefficient (Wildman–Crippen LogP) is 6.46. The van der Waals surface area contributed by atoms with E-state index < -0.39 is 29.4 Å². The number of hydrogen-bond acceptors (Lipinski definition) is 4. The van der Waals surface area contributed by atoms with Crippen molar-refractivity contribution in [1.82, 2.24) is 19.4 Å². The van der Waals surface area contributed by atoms with Crippen LogP contribution in [0.2, 0.25) is 10.0 Å². The molecule has 1 fully saturated rings. The number of aromatic nitrogens is 2. The number of piperazine rings is 1. The maximum atomic E-state index is 13.4. The van der Waals surface area contributed by atoms with Crippen molar-refractivity contribution in [3.05, 3.63) is 56.1 Å². The summed E-state index contributed by atoms with van der Waals surface area (Å²) in [5.74, 6) is -0.210. The van der Waals surface area contributed by atoms with Gasteiger partial charge in [0.15, 0.2) is 0 Å². The van der Waals surface area contributed by atoms with Crippen LogP contribution in [0.15, 0.2) is 17.7 Å². The Bertz CT molecular complexity index is 1320. The van der Waals surface area contributed by atoms with Crippen LogP contribution < -0.4 is 0 Å². The molecule has 0 N–H and O–H groups in total. The van der Waals surface area contributed by atoms with E-state index in [2.05, 4.69) is 4.98 Å². The van der Waals surface area contributed by atoms with Crippen LogP contribution in [0.25, 0.3) is 6.08 Å². The van der Waals surface area contributed by atoms with Gasteiger partial charge in [-0.25, -0.2) is 9.78 Å². The minimum Gasteiger partial charge on any atom is -0.444 e. The molecule has 2 aromatic rings. The van der Waals surface area contributed by atoms with Crippen LogP contribution in [-0.4, -0.2) is 69.3 Å². The fraction of sp³-hybridized carbons (Fsp3) is 0.519. The van der Waals surface area contributed by atoms with Gasteiger partial charge in [0.05, 0.1) is 22.0 Å². The second kappa shape index (κ2) is 10.7. The lowest BCUT2D eigenvalue weighted by Gasteiger charge is -2.35. The van der Waals surface area contributed by atoms with E-state index in [1.54, 1.807) is 61.2 Å². The van der Waals surface area contributed by atoms with Crippen molar-refractivity contribution < 1.29 is 27.5 Å². The van der Waals surface area contributed by atoms with E-state index in [4.69, 9.17) is 27.9 Å². The number of allylic oxidation sites excluding steroid dienone is 1. The standard InChI is InChI=1S/C27H31Cl2F3N4O3/c1-15-12-16(27(30,31)32)13-20-23(15)33-21(34(20)5)14-18-19(28)7-6-17(22(18)29)24(37)35-8-10-36(11-9-35)25(38)39-26(2,3)4/h6-7,13,15H,8-12,14H2,1-5H3. The van der Waals surface area contributed by atoms with Crippen molar-refractivity contribution in [2.75, 3.05) is 26.2 Å². The van der Waals surface area contributed by atoms with Crippen LogP contribution >= 0.6 is 23.2 Å². The topological polar surface area (TPSA) is 67.7 Å². The van der Waals surface area contributed by atoms with Crippen LogP contribution in [0.4, 0.5) is 18.0 Å². The largest absolute Gasteiger partial charge is 0.444 e. The number of ether oxygens (including phenoxy) is 1. The Hall–Kier alpha value is -2.72. The van der Waals surface area contributed by atoms with E-state index in [1.807, 2.05) is 0 Å². The molecule has 1 aliphatic heterocycles. The number of fused-ring (bicyclic) bond motifs is 1. The summed E-state index contributed by atoms with van der Waals surface area (Å²) < 4.78 is 47.2. The van der Waals surface area contributed by atoms with Gasteiger partial charge in [0.2, 0.25) is 0 Å². The average Bonchev–Trinajstić information content (AvgIpc) is 3.16. The van der Waals surface area contributed by atoms with Crippen LogP contribution in [0.1, 0.15) is 73.2 Å². The molecule has 1 atom stereocenters. The van der Waals surface area contributed by atoms with Crippen molar-refractivity contribution in [2.24, 2.45) is 7.05 Å². The SMILES string of the molecule is CC1CC(C(F)(F)F)=Cc2c1nc(Cc1c(Cl)ccc(C(=O)N3CCN(C(=O)OC(C)(C)C)CC3)c1Cl)n2C. The maximum absolute atomic E-state index is 13.4. The third-order valence-corrected chi connectivity index (χ3v) is 7.68. The molecule has 1 saturated heterocycles. The summed E-state index contributed by atoms with van der Waals surface area (Å²) in [6.45, 7) is 8.36. The molecule has 12 heteroatoms. The summed E-state index contributed by atoms with van der Waals surface area (Å²) in [7, 11) is 1.66. The van der Waals surface area contributed by atoms with Gasteiger partial charge in [-0.15, -0.1) is 0 Å². The fourth-order valence-electron chi connectivity index (χ4n) is 4.79. The van der Waals surface area contributed by atoms with Gasteiger partial charge in [0.1, 0.15) is 11.4 Å². The third kappa shape index (κ3) is 6.22. The van der Waals surface area contributed by atoms with Gasteiger partial charge in [0.25, 0.3) is 5.91 Å². The van der Waals surface area contributed by atoms with E-state index in [9.17, 15) is 22.8 Å². The van der Waals surface area contributed by atoms with E-state index in [0.29, 0.717) is 54.0 Å². The molecule has 1 aromatic carbocycles. The Morgan fingerprint density at radius 3 is 2.28 bits per heavy atom. The molecule has 2 amide bonds. The molecule has 0 spiro atoms. The van der Waals surface area contributed by atoms with Gasteiger partial charge in [-0.1, -0.05) is 30.1 Å². The number of hydrogen-bond donors (Lipinski definition) is 0. The molecule has 2 heterocycles. The molecule has 0 radical (unpaired) electrons. The van der Waals surface area contributed by atoms with Gasteiger partial charge >= 0.3 is 12.3 Å². The van der Waals surface area contributed by atoms with Gasteiger partial charge in [-0.2, -0.15) is 13.2 Å². The number of rotatable bonds is 3. The zero-order valence-corrected chi connectivity index (χ0v) is 24.0. The molecular weight excluding hydrogens is 556 g/mol. The average molecular weight is 587 g/mol. The van der Waals surface area contributed by atoms with Gasteiger partial charge in [0, 0.05) is 56.2 Å². The van der Waals surface area contributed by atoms with Crippen LogP contribution in [0, 0.1) is 0 Å². The molecule has 7 nitrogen and oxygen atoms in total. The monoisotopic (exact) mass is 586 g/mol. The second-order valence-electron chi connectivity index (χ2n) is 11.0. The van der Waals surface area contributed by atoms with E-state index in [1.165, 1.54) is 0 Å². The second-order valence-corrected chi connectivity index (χ2v) is 11.7. The molecular formula is C27H31Cl2F3N4O3. The number of benzene rings is 1. The number of amides is 2. The van der Waals surface area contributed by atoms with Crippen molar-refractivity contribution in [3.63, 3.8) is 0 Å². The first kappa shape index (κ1) is 29.3. The van der Waals surface area contributed by atoms with Crippen LogP contribution in [0.5, 0.6) is 0 Å². The summed E-state index contributed by atoms with van der Waals surface area (Å²) in [6.07, 6.45) is -3.69. The molecule has 2 aliphatic rings. The maximum Gasteiger partial charge on any atom is 0.412 e. The number of carbonyl (C=O) groups excluding carboxylic acids is 2. The highest BCUT2D eigenvalue weighted by Gasteiger charge is 2.38. The predicted molar refractivity (Wildman–Crippen MR) is 143 cm³/mol. The minimum absolute atomic E-state index is 0.136. The lowest BCUT2D eigenvalue weighted by molar-refractivity contribution is -0.0937. The van der Waals surface area contributed by atoms with Crippen LogP contribution in [0.3, 0.4) is 0 Å². The highest BCUT2D eigenvalue weighted by atomic mass is 35.5. The molecule has 0 saturated carbocycles. The smallest absolute Gasteiger partial charge is 0.412 e. The van der Waals surface area contributed by atoms with Gasteiger partial charge in [-0.05, 0) is 51.0 Å². The summed E-state index contributed by atoms with van der Waals surface area (Å²) in [5, 5.41) is 0.495. The number of alkyl halides is 3. The molecule has 212 valence electrons. The Morgan fingerprint density at radius 2 is 1.69 bits per heavy atom. The fourth-order valence-corrected chi connectivity index (χ4v) is 5.38. The van der Waals surface area contributed by atoms with E-state index >= 15 is 0 Å². The quantitative estimate of drug-likeness (QED) is 0.413. The van der Waals surface area contributed by atoms with Crippen LogP contribution in [-0.2, 0) is 18.2 Å². The van der Waals surface area contributed by atoms with Gasteiger partial charge < -0.3 is 19.1 Å². The molecule has 1 aromatic heterocycles. The number of nitrogens with zero attached hydrogens (tertiary/aromatic N) is 4. The first-order valence-electron chi connectivity index (χ1n) is 12.6. The summed E-state index contributed by atoms with van der Waals surface area (Å²) in [4.78, 5) is 33.5. The highest BCUT2D eigenvalue weighted by molar-refractivity contribution is 6.38. The lowest BCUT2D eigenvalue weighted by Crippen LogP contribution is -2.51. The lowest BCUT2D eigenvalue weighted by atomic mass is 9.90. The van der Waals surface area contributed by atoms with Crippen molar-refractivity contribution >= 4 is 41.3 Å². The Balaban J connectivity index is 1.54. The molecule has 1 aliphatic carbocycles. The Labute approximate surface area is 235 Å². The zero-order chi connectivity index (χ0) is 28.9. The number of halogens is 5. The highest BCUT2D eigenvalue weighted by Crippen LogP contribution is 2.41. The summed E-state index contributed by atoms with van der Waals surface area (Å²) in [5.41, 5.74) is 0.510. The summed E-state index contributed by atoms with van der Waals surface area (Å²) in [6, 6.07) is 3.14. The molecule has 1 unspecified atom stereocenters. The van der Waals surface area contributed by atoms with E-state index in [-0.39, 0.29) is 29.3 Å². The van der Waals surface area contributed by atoms with E-state index in [0.717, 1.165) is 6.08 Å². The zero-order valence-electron chi connectivity index (χ0n) is 22.5. The third-order valence-electron chi connectivity index (χ3n) is 6.90. The first-order chi connectivity index (χ1) is 18.1. The minimum atomic E-state index is -4.41. The number of carbonyl (C=O) groups is 2. The van der Waals surface area contributed by atoms with Crippen molar-refractivity contribution in [1.29, 1.82) is 0 Å². The summed E-state index contributed by atoms with van der Waals surface area (Å²) >= 11 is 13.2. The van der Waals surface area contributed by atoms with Gasteiger partial charge in [-0.3, -0.25) is 4.79 Å². The van der Waals surface area contributed by atoms with Crippen molar-refractivity contribution in [2.45, 2.75) is 58.2 Å². The molecule has 39 heavy (non-hydrogen) atoms. The Kier molecular flexibility index (Phi) is 8.02. The Morgan fingerprint density at radius 1 is 1.08 bits per heavy atom. The molecule has 0 bridgehead atoms. The molecule has 4 rings (SSSR count). The first-order valence-corrected chi connectivity index (χ1v) is 13.4.